The molecular weight excluding hydrogens is 232 g/mol. The molecular formula is C10H11ClN2OS. The summed E-state index contributed by atoms with van der Waals surface area (Å²) in [6.07, 6.45) is 0. The second kappa shape index (κ2) is 4.21. The lowest BCUT2D eigenvalue weighted by molar-refractivity contribution is 0.0933. The van der Waals surface area contributed by atoms with Gasteiger partial charge in [0.15, 0.2) is 0 Å². The molecule has 0 unspecified atom stereocenters. The third-order valence-corrected chi connectivity index (χ3v) is 3.51. The van der Waals surface area contributed by atoms with Crippen molar-refractivity contribution in [2.75, 3.05) is 0 Å². The molecule has 0 fully saturated rings. The summed E-state index contributed by atoms with van der Waals surface area (Å²) in [7, 11) is 0. The number of thiophene rings is 1. The molecule has 15 heavy (non-hydrogen) atoms. The summed E-state index contributed by atoms with van der Waals surface area (Å²) in [6.45, 7) is 5.11. The van der Waals surface area contributed by atoms with E-state index in [-0.39, 0.29) is 5.91 Å². The summed E-state index contributed by atoms with van der Waals surface area (Å²) < 4.78 is 0. The molecule has 0 aliphatic rings. The van der Waals surface area contributed by atoms with Gasteiger partial charge in [0.25, 0.3) is 5.91 Å². The molecule has 0 spiro atoms. The highest BCUT2D eigenvalue weighted by molar-refractivity contribution is 7.13. The zero-order valence-electron chi connectivity index (χ0n) is 8.72. The topological polar surface area (TPSA) is 52.9 Å². The summed E-state index contributed by atoms with van der Waals surface area (Å²) in [5.74, 6) is -0.301. The third-order valence-electron chi connectivity index (χ3n) is 1.81. The van der Waals surface area contributed by atoms with Gasteiger partial charge in [-0.15, -0.1) is 11.3 Å². The molecule has 0 saturated carbocycles. The van der Waals surface area contributed by atoms with Crippen molar-refractivity contribution in [3.05, 3.63) is 20.8 Å². The Bertz CT molecular complexity index is 431. The van der Waals surface area contributed by atoms with E-state index in [9.17, 15) is 4.79 Å². The van der Waals surface area contributed by atoms with E-state index in [4.69, 9.17) is 16.9 Å². The SMILES string of the molecule is Cc1csc(C(=O)NC(C)(C)C#N)c1Cl. The average molecular weight is 243 g/mol. The van der Waals surface area contributed by atoms with Crippen LogP contribution in [0.1, 0.15) is 29.1 Å². The number of nitriles is 1. The molecule has 0 atom stereocenters. The van der Waals surface area contributed by atoms with Gasteiger partial charge in [-0.3, -0.25) is 4.79 Å². The smallest absolute Gasteiger partial charge is 0.264 e. The quantitative estimate of drug-likeness (QED) is 0.867. The van der Waals surface area contributed by atoms with E-state index >= 15 is 0 Å². The van der Waals surface area contributed by atoms with E-state index in [1.165, 1.54) is 11.3 Å². The Morgan fingerprint density at radius 1 is 1.67 bits per heavy atom. The average Bonchev–Trinajstić information content (AvgIpc) is 2.47. The van der Waals surface area contributed by atoms with Gasteiger partial charge in [-0.2, -0.15) is 5.26 Å². The summed E-state index contributed by atoms with van der Waals surface area (Å²) in [4.78, 5) is 12.2. The molecule has 1 heterocycles. The zero-order chi connectivity index (χ0) is 11.6. The van der Waals surface area contributed by atoms with Crippen LogP contribution in [0.25, 0.3) is 0 Å². The normalized spacial score (nSPS) is 10.9. The van der Waals surface area contributed by atoms with Gasteiger partial charge in [-0.1, -0.05) is 11.6 Å². The molecule has 1 aromatic rings. The van der Waals surface area contributed by atoms with E-state index < -0.39 is 5.54 Å². The molecule has 0 aliphatic heterocycles. The minimum Gasteiger partial charge on any atom is -0.333 e. The first-order chi connectivity index (χ1) is 6.87. The number of amides is 1. The Balaban J connectivity index is 2.89. The van der Waals surface area contributed by atoms with Crippen molar-refractivity contribution >= 4 is 28.8 Å². The maximum atomic E-state index is 11.7. The van der Waals surface area contributed by atoms with Crippen molar-refractivity contribution < 1.29 is 4.79 Å². The highest BCUT2D eigenvalue weighted by Crippen LogP contribution is 2.27. The predicted octanol–water partition coefficient (Wildman–Crippen LogP) is 2.74. The number of hydrogen-bond donors (Lipinski definition) is 1. The van der Waals surface area contributed by atoms with E-state index in [0.717, 1.165) is 5.56 Å². The van der Waals surface area contributed by atoms with Crippen molar-refractivity contribution in [3.63, 3.8) is 0 Å². The van der Waals surface area contributed by atoms with Crippen LogP contribution < -0.4 is 5.32 Å². The maximum Gasteiger partial charge on any atom is 0.264 e. The number of rotatable bonds is 2. The maximum absolute atomic E-state index is 11.7. The van der Waals surface area contributed by atoms with Crippen molar-refractivity contribution in [2.24, 2.45) is 0 Å². The van der Waals surface area contributed by atoms with Crippen LogP contribution >= 0.6 is 22.9 Å². The molecule has 1 amide bonds. The minimum absolute atomic E-state index is 0.301. The first-order valence-electron chi connectivity index (χ1n) is 4.35. The molecule has 0 bridgehead atoms. The lowest BCUT2D eigenvalue weighted by Crippen LogP contribution is -2.41. The summed E-state index contributed by atoms with van der Waals surface area (Å²) in [6, 6.07) is 2.00. The first-order valence-corrected chi connectivity index (χ1v) is 5.60. The fraction of sp³-hybridized carbons (Fsp3) is 0.400. The van der Waals surface area contributed by atoms with Crippen molar-refractivity contribution in [1.29, 1.82) is 5.26 Å². The summed E-state index contributed by atoms with van der Waals surface area (Å²) >= 11 is 7.22. The van der Waals surface area contributed by atoms with Gasteiger partial charge in [-0.05, 0) is 31.7 Å². The second-order valence-corrected chi connectivity index (χ2v) is 5.01. The van der Waals surface area contributed by atoms with Crippen LogP contribution in [0.3, 0.4) is 0 Å². The Hall–Kier alpha value is -1.05. The molecule has 80 valence electrons. The first kappa shape index (κ1) is 12.0. The summed E-state index contributed by atoms with van der Waals surface area (Å²) in [5, 5.41) is 13.7. The molecule has 0 aliphatic carbocycles. The molecule has 0 saturated heterocycles. The number of nitrogens with zero attached hydrogens (tertiary/aromatic N) is 1. The predicted molar refractivity (Wildman–Crippen MR) is 61.2 cm³/mol. The van der Waals surface area contributed by atoms with E-state index in [1.807, 2.05) is 18.4 Å². The Morgan fingerprint density at radius 2 is 2.27 bits per heavy atom. The molecule has 5 heteroatoms. The van der Waals surface area contributed by atoms with Crippen molar-refractivity contribution in [3.8, 4) is 6.07 Å². The van der Waals surface area contributed by atoms with Crippen LogP contribution in [0.4, 0.5) is 0 Å². The number of carbonyl (C=O) groups excluding carboxylic acids is 1. The van der Waals surface area contributed by atoms with Crippen molar-refractivity contribution in [2.45, 2.75) is 26.3 Å². The molecule has 1 N–H and O–H groups in total. The van der Waals surface area contributed by atoms with Crippen molar-refractivity contribution in [1.82, 2.24) is 5.32 Å². The molecule has 1 rings (SSSR count). The van der Waals surface area contributed by atoms with Crippen LogP contribution in [0, 0.1) is 18.3 Å². The van der Waals surface area contributed by atoms with Gasteiger partial charge in [0.05, 0.1) is 11.1 Å². The minimum atomic E-state index is -0.877. The molecule has 1 aromatic heterocycles. The standard InChI is InChI=1S/C10H11ClN2OS/c1-6-4-15-8(7(6)11)9(14)13-10(2,3)5-12/h4H,1-3H3,(H,13,14). The Morgan fingerprint density at radius 3 is 2.67 bits per heavy atom. The Kier molecular flexibility index (Phi) is 3.38. The lowest BCUT2D eigenvalue weighted by atomic mass is 10.1. The van der Waals surface area contributed by atoms with Crippen LogP contribution in [0.2, 0.25) is 5.02 Å². The zero-order valence-corrected chi connectivity index (χ0v) is 10.3. The van der Waals surface area contributed by atoms with Gasteiger partial charge in [0, 0.05) is 0 Å². The largest absolute Gasteiger partial charge is 0.333 e. The number of hydrogen-bond acceptors (Lipinski definition) is 3. The number of carbonyl (C=O) groups is 1. The fourth-order valence-electron chi connectivity index (χ4n) is 0.952. The highest BCUT2D eigenvalue weighted by atomic mass is 35.5. The van der Waals surface area contributed by atoms with E-state index in [2.05, 4.69) is 5.32 Å². The fourth-order valence-corrected chi connectivity index (χ4v) is 2.13. The van der Waals surface area contributed by atoms with E-state index in [0.29, 0.717) is 9.90 Å². The third kappa shape index (κ3) is 2.71. The lowest BCUT2D eigenvalue weighted by Gasteiger charge is -2.16. The van der Waals surface area contributed by atoms with Gasteiger partial charge < -0.3 is 5.32 Å². The van der Waals surface area contributed by atoms with Gasteiger partial charge in [0.1, 0.15) is 10.4 Å². The van der Waals surface area contributed by atoms with Gasteiger partial charge in [0.2, 0.25) is 0 Å². The monoisotopic (exact) mass is 242 g/mol. The highest BCUT2D eigenvalue weighted by Gasteiger charge is 2.23. The summed E-state index contributed by atoms with van der Waals surface area (Å²) in [5.41, 5.74) is -0.000216. The number of nitrogens with one attached hydrogen (secondary N) is 1. The molecule has 0 radical (unpaired) electrons. The van der Waals surface area contributed by atoms with Crippen LogP contribution in [0.15, 0.2) is 5.38 Å². The number of halogens is 1. The second-order valence-electron chi connectivity index (χ2n) is 3.75. The molecule has 3 nitrogen and oxygen atoms in total. The van der Waals surface area contributed by atoms with Gasteiger partial charge >= 0.3 is 0 Å². The van der Waals surface area contributed by atoms with Crippen LogP contribution in [-0.4, -0.2) is 11.4 Å². The Labute approximate surface area is 97.7 Å². The number of aryl methyl sites for hydroxylation is 1. The van der Waals surface area contributed by atoms with Crippen LogP contribution in [0.5, 0.6) is 0 Å². The van der Waals surface area contributed by atoms with Crippen LogP contribution in [-0.2, 0) is 0 Å². The van der Waals surface area contributed by atoms with Gasteiger partial charge in [-0.25, -0.2) is 0 Å². The molecule has 0 aromatic carbocycles. The van der Waals surface area contributed by atoms with E-state index in [1.54, 1.807) is 13.8 Å².